The summed E-state index contributed by atoms with van der Waals surface area (Å²) in [5.74, 6) is 0.535. The van der Waals surface area contributed by atoms with E-state index in [1.807, 2.05) is 48.5 Å². The largest absolute Gasteiger partial charge is 0.338 e. The minimum absolute atomic E-state index is 0.197. The van der Waals surface area contributed by atoms with E-state index < -0.39 is 0 Å². The fourth-order valence-corrected chi connectivity index (χ4v) is 2.92. The number of imidazole rings is 1. The summed E-state index contributed by atoms with van der Waals surface area (Å²) >= 11 is 4.55. The molecule has 0 aliphatic rings. The summed E-state index contributed by atoms with van der Waals surface area (Å²) in [6, 6.07) is 15.3. The third-order valence-corrected chi connectivity index (χ3v) is 3.98. The molecule has 0 bridgehead atoms. The molecule has 102 valence electrons. The summed E-state index contributed by atoms with van der Waals surface area (Å²) in [4.78, 5) is 23.5. The molecule has 4 aromatic rings. The minimum Gasteiger partial charge on any atom is -0.338 e. The average Bonchev–Trinajstić information content (AvgIpc) is 2.90. The van der Waals surface area contributed by atoms with Crippen LogP contribution in [0.25, 0.3) is 33.3 Å². The molecule has 2 N–H and O–H groups in total. The number of benzene rings is 2. The number of nitrogens with one attached hydrogen (secondary N) is 2. The smallest absolute Gasteiger partial charge is 0.260 e. The maximum Gasteiger partial charge on any atom is 0.260 e. The predicted molar refractivity (Wildman–Crippen MR) is 86.9 cm³/mol. The number of H-pyrrole nitrogens is 2. The van der Waals surface area contributed by atoms with Gasteiger partial charge in [-0.1, -0.05) is 30.3 Å². The molecular weight excluding hydrogens is 282 g/mol. The predicted octanol–water partition coefficient (Wildman–Crippen LogP) is 3.36. The number of aromatic amines is 2. The van der Waals surface area contributed by atoms with Crippen LogP contribution in [0, 0.1) is 0 Å². The van der Waals surface area contributed by atoms with Crippen molar-refractivity contribution in [2.24, 2.45) is 0 Å². The van der Waals surface area contributed by atoms with E-state index in [2.05, 4.69) is 27.6 Å². The van der Waals surface area contributed by atoms with Crippen molar-refractivity contribution in [1.29, 1.82) is 0 Å². The fourth-order valence-electron chi connectivity index (χ4n) is 2.52. The topological polar surface area (TPSA) is 61.5 Å². The third kappa shape index (κ3) is 1.86. The van der Waals surface area contributed by atoms with Gasteiger partial charge in [-0.3, -0.25) is 4.79 Å². The SMILES string of the molecule is O=c1[nH]c2ccccc2c(S)c1-c1nc2ccccc2[nH]1. The van der Waals surface area contributed by atoms with Gasteiger partial charge in [-0.15, -0.1) is 12.6 Å². The van der Waals surface area contributed by atoms with Crippen LogP contribution in [-0.4, -0.2) is 15.0 Å². The van der Waals surface area contributed by atoms with Crippen molar-refractivity contribution >= 4 is 34.6 Å². The molecule has 0 saturated carbocycles. The number of hydrogen-bond acceptors (Lipinski definition) is 3. The van der Waals surface area contributed by atoms with Gasteiger partial charge in [0.25, 0.3) is 5.56 Å². The Labute approximate surface area is 125 Å². The average molecular weight is 293 g/mol. The number of fused-ring (bicyclic) bond motifs is 2. The Morgan fingerprint density at radius 3 is 2.43 bits per heavy atom. The van der Waals surface area contributed by atoms with E-state index in [1.165, 1.54) is 0 Å². The zero-order valence-corrected chi connectivity index (χ0v) is 11.8. The van der Waals surface area contributed by atoms with E-state index in [4.69, 9.17) is 0 Å². The third-order valence-electron chi connectivity index (χ3n) is 3.52. The van der Waals surface area contributed by atoms with Gasteiger partial charge in [0.1, 0.15) is 5.82 Å². The Kier molecular flexibility index (Phi) is 2.62. The molecule has 0 spiro atoms. The van der Waals surface area contributed by atoms with Crippen LogP contribution in [0.4, 0.5) is 0 Å². The highest BCUT2D eigenvalue weighted by atomic mass is 32.1. The lowest BCUT2D eigenvalue weighted by Crippen LogP contribution is -2.11. The van der Waals surface area contributed by atoms with E-state index >= 15 is 0 Å². The van der Waals surface area contributed by atoms with Crippen molar-refractivity contribution in [3.05, 3.63) is 58.9 Å². The van der Waals surface area contributed by atoms with Crippen molar-refractivity contribution < 1.29 is 0 Å². The van der Waals surface area contributed by atoms with Gasteiger partial charge < -0.3 is 9.97 Å². The highest BCUT2D eigenvalue weighted by Crippen LogP contribution is 2.28. The van der Waals surface area contributed by atoms with Crippen LogP contribution in [0.1, 0.15) is 0 Å². The van der Waals surface area contributed by atoms with E-state index in [9.17, 15) is 4.79 Å². The summed E-state index contributed by atoms with van der Waals surface area (Å²) in [5.41, 5.74) is 2.76. The molecule has 0 saturated heterocycles. The van der Waals surface area contributed by atoms with Gasteiger partial charge in [-0.25, -0.2) is 4.98 Å². The monoisotopic (exact) mass is 293 g/mol. The first-order chi connectivity index (χ1) is 10.2. The van der Waals surface area contributed by atoms with Gasteiger partial charge in [0, 0.05) is 15.8 Å². The minimum atomic E-state index is -0.197. The number of rotatable bonds is 1. The fraction of sp³-hybridized carbons (Fsp3) is 0. The van der Waals surface area contributed by atoms with Crippen LogP contribution in [0.5, 0.6) is 0 Å². The zero-order chi connectivity index (χ0) is 14.4. The molecule has 0 aliphatic carbocycles. The summed E-state index contributed by atoms with van der Waals surface area (Å²) in [5, 5.41) is 0.899. The first kappa shape index (κ1) is 12.2. The molecular formula is C16H11N3OS. The number of aromatic nitrogens is 3. The molecule has 0 amide bonds. The van der Waals surface area contributed by atoms with Crippen molar-refractivity contribution in [1.82, 2.24) is 15.0 Å². The van der Waals surface area contributed by atoms with Gasteiger partial charge >= 0.3 is 0 Å². The van der Waals surface area contributed by atoms with E-state index in [-0.39, 0.29) is 5.56 Å². The lowest BCUT2D eigenvalue weighted by atomic mass is 10.1. The molecule has 4 rings (SSSR count). The molecule has 0 fully saturated rings. The van der Waals surface area contributed by atoms with Crippen LogP contribution in [0.2, 0.25) is 0 Å². The van der Waals surface area contributed by atoms with Crippen LogP contribution in [-0.2, 0) is 0 Å². The number of pyridine rings is 1. The van der Waals surface area contributed by atoms with Gasteiger partial charge in [0.15, 0.2) is 0 Å². The second-order valence-electron chi connectivity index (χ2n) is 4.83. The lowest BCUT2D eigenvalue weighted by molar-refractivity contribution is 1.21. The molecule has 0 atom stereocenters. The van der Waals surface area contributed by atoms with Crippen LogP contribution < -0.4 is 5.56 Å². The van der Waals surface area contributed by atoms with Crippen LogP contribution in [0.3, 0.4) is 0 Å². The normalized spacial score (nSPS) is 11.3. The number of thiol groups is 1. The van der Waals surface area contributed by atoms with Crippen molar-refractivity contribution in [3.63, 3.8) is 0 Å². The summed E-state index contributed by atoms with van der Waals surface area (Å²) in [7, 11) is 0. The molecule has 2 aromatic carbocycles. The second-order valence-corrected chi connectivity index (χ2v) is 5.27. The molecule has 2 heterocycles. The van der Waals surface area contributed by atoms with E-state index in [0.29, 0.717) is 16.3 Å². The molecule has 4 nitrogen and oxygen atoms in total. The standard InChI is InChI=1S/C16H11N3OS/c20-16-13(14(21)9-5-1-2-6-10(9)19-16)15-17-11-7-3-4-8-12(11)18-15/h1-8H,(H,17,18)(H2,19,20,21). The van der Waals surface area contributed by atoms with E-state index in [0.717, 1.165) is 21.9 Å². The van der Waals surface area contributed by atoms with Crippen molar-refractivity contribution in [2.45, 2.75) is 4.90 Å². The van der Waals surface area contributed by atoms with E-state index in [1.54, 1.807) is 0 Å². The second kappa shape index (κ2) is 4.49. The highest BCUT2D eigenvalue weighted by Gasteiger charge is 2.15. The van der Waals surface area contributed by atoms with Crippen molar-refractivity contribution in [3.8, 4) is 11.4 Å². The Morgan fingerprint density at radius 2 is 1.62 bits per heavy atom. The molecule has 0 radical (unpaired) electrons. The summed E-state index contributed by atoms with van der Waals surface area (Å²) in [6.45, 7) is 0. The lowest BCUT2D eigenvalue weighted by Gasteiger charge is -2.05. The molecule has 2 aromatic heterocycles. The quantitative estimate of drug-likeness (QED) is 0.471. The zero-order valence-electron chi connectivity index (χ0n) is 10.9. The Balaban J connectivity index is 2.08. The molecule has 21 heavy (non-hydrogen) atoms. The number of nitrogens with zero attached hydrogens (tertiary/aromatic N) is 1. The molecule has 0 unspecified atom stereocenters. The van der Waals surface area contributed by atoms with Gasteiger partial charge in [-0.05, 0) is 18.2 Å². The Morgan fingerprint density at radius 1 is 0.905 bits per heavy atom. The van der Waals surface area contributed by atoms with Gasteiger partial charge in [0.05, 0.1) is 16.6 Å². The summed E-state index contributed by atoms with van der Waals surface area (Å²) < 4.78 is 0. The van der Waals surface area contributed by atoms with Crippen LogP contribution in [0.15, 0.2) is 58.2 Å². The van der Waals surface area contributed by atoms with Crippen molar-refractivity contribution in [2.75, 3.05) is 0 Å². The maximum absolute atomic E-state index is 12.4. The molecule has 0 aliphatic heterocycles. The van der Waals surface area contributed by atoms with Crippen LogP contribution >= 0.6 is 12.6 Å². The highest BCUT2D eigenvalue weighted by molar-refractivity contribution is 7.80. The molecule has 5 heteroatoms. The Bertz CT molecular complexity index is 999. The first-order valence-corrected chi connectivity index (χ1v) is 6.98. The Hall–Kier alpha value is -2.53. The van der Waals surface area contributed by atoms with Gasteiger partial charge in [0.2, 0.25) is 0 Å². The number of hydrogen-bond donors (Lipinski definition) is 3. The van der Waals surface area contributed by atoms with Gasteiger partial charge in [-0.2, -0.15) is 0 Å². The summed E-state index contributed by atoms with van der Waals surface area (Å²) in [6.07, 6.45) is 0. The number of para-hydroxylation sites is 3. The maximum atomic E-state index is 12.4. The first-order valence-electron chi connectivity index (χ1n) is 6.53.